The van der Waals surface area contributed by atoms with Crippen molar-refractivity contribution < 1.29 is 9.72 Å². The fraction of sp³-hybridized carbons (Fsp3) is 0.500. The molecule has 1 amide bonds. The van der Waals surface area contributed by atoms with Crippen LogP contribution in [0.2, 0.25) is 0 Å². The number of carbonyl (C=O) groups is 1. The SMILES string of the molecule is O=C(N[C@@H]1C[C@H]2CC[C@@H]1C2)c1ccc([N+](=O)[O-])cc1. The van der Waals surface area contributed by atoms with Gasteiger partial charge in [0.15, 0.2) is 0 Å². The second-order valence-corrected chi connectivity index (χ2v) is 5.56. The Morgan fingerprint density at radius 2 is 1.95 bits per heavy atom. The average Bonchev–Trinajstić information content (AvgIpc) is 3.01. The molecule has 1 aromatic carbocycles. The van der Waals surface area contributed by atoms with Crippen molar-refractivity contribution >= 4 is 11.6 Å². The minimum absolute atomic E-state index is 0.0106. The van der Waals surface area contributed by atoms with Gasteiger partial charge >= 0.3 is 0 Å². The first kappa shape index (κ1) is 12.1. The van der Waals surface area contributed by atoms with Crippen molar-refractivity contribution in [3.8, 4) is 0 Å². The zero-order chi connectivity index (χ0) is 13.4. The van der Waals surface area contributed by atoms with Crippen LogP contribution in [0, 0.1) is 22.0 Å². The molecule has 5 nitrogen and oxygen atoms in total. The van der Waals surface area contributed by atoms with E-state index >= 15 is 0 Å². The van der Waals surface area contributed by atoms with Gasteiger partial charge in [-0.3, -0.25) is 14.9 Å². The van der Waals surface area contributed by atoms with Crippen LogP contribution in [0.5, 0.6) is 0 Å². The number of nitrogens with one attached hydrogen (secondary N) is 1. The van der Waals surface area contributed by atoms with Crippen LogP contribution in [0.15, 0.2) is 24.3 Å². The average molecular weight is 260 g/mol. The second-order valence-electron chi connectivity index (χ2n) is 5.56. The van der Waals surface area contributed by atoms with Crippen LogP contribution in [0.4, 0.5) is 5.69 Å². The molecule has 2 fully saturated rings. The molecule has 2 bridgehead atoms. The molecule has 3 rings (SSSR count). The summed E-state index contributed by atoms with van der Waals surface area (Å²) < 4.78 is 0. The zero-order valence-electron chi connectivity index (χ0n) is 10.5. The predicted octanol–water partition coefficient (Wildman–Crippen LogP) is 2.51. The third-order valence-electron chi connectivity index (χ3n) is 4.39. The van der Waals surface area contributed by atoms with E-state index in [4.69, 9.17) is 0 Å². The highest BCUT2D eigenvalue weighted by atomic mass is 16.6. The topological polar surface area (TPSA) is 72.2 Å². The van der Waals surface area contributed by atoms with Crippen LogP contribution in [-0.2, 0) is 0 Å². The summed E-state index contributed by atoms with van der Waals surface area (Å²) in [4.78, 5) is 22.2. The molecule has 0 aromatic heterocycles. The van der Waals surface area contributed by atoms with E-state index in [-0.39, 0.29) is 11.6 Å². The first-order valence-electron chi connectivity index (χ1n) is 6.69. The van der Waals surface area contributed by atoms with Gasteiger partial charge in [-0.15, -0.1) is 0 Å². The van der Waals surface area contributed by atoms with Crippen LogP contribution in [0.25, 0.3) is 0 Å². The van der Waals surface area contributed by atoms with Gasteiger partial charge in [0.2, 0.25) is 0 Å². The number of benzene rings is 1. The summed E-state index contributed by atoms with van der Waals surface area (Å²) in [6.45, 7) is 0. The molecule has 3 atom stereocenters. The number of amides is 1. The summed E-state index contributed by atoms with van der Waals surface area (Å²) in [5.41, 5.74) is 0.504. The van der Waals surface area contributed by atoms with Crippen molar-refractivity contribution in [1.29, 1.82) is 0 Å². The summed E-state index contributed by atoms with van der Waals surface area (Å²) in [6.07, 6.45) is 4.85. The van der Waals surface area contributed by atoms with Gasteiger partial charge in [0, 0.05) is 23.7 Å². The molecular formula is C14H16N2O3. The molecule has 0 spiro atoms. The lowest BCUT2D eigenvalue weighted by Gasteiger charge is -2.22. The molecule has 19 heavy (non-hydrogen) atoms. The van der Waals surface area contributed by atoms with Gasteiger partial charge in [-0.25, -0.2) is 0 Å². The van der Waals surface area contributed by atoms with E-state index in [1.165, 1.54) is 43.5 Å². The number of fused-ring (bicyclic) bond motifs is 2. The standard InChI is InChI=1S/C14H16N2O3/c17-14(10-3-5-12(6-4-10)16(18)19)15-13-8-9-1-2-11(13)7-9/h3-6,9,11,13H,1-2,7-8H2,(H,15,17)/t9-,11+,13+/m0/s1. The van der Waals surface area contributed by atoms with E-state index in [1.807, 2.05) is 0 Å². The first-order chi connectivity index (χ1) is 9.13. The number of nitrogens with zero attached hydrogens (tertiary/aromatic N) is 1. The van der Waals surface area contributed by atoms with Crippen molar-refractivity contribution in [2.24, 2.45) is 11.8 Å². The van der Waals surface area contributed by atoms with E-state index in [2.05, 4.69) is 5.32 Å². The van der Waals surface area contributed by atoms with Crippen LogP contribution in [0.1, 0.15) is 36.0 Å². The molecule has 0 saturated heterocycles. The Morgan fingerprint density at radius 3 is 2.47 bits per heavy atom. The van der Waals surface area contributed by atoms with Crippen LogP contribution < -0.4 is 5.32 Å². The van der Waals surface area contributed by atoms with Crippen molar-refractivity contribution in [3.05, 3.63) is 39.9 Å². The van der Waals surface area contributed by atoms with Crippen LogP contribution >= 0.6 is 0 Å². The lowest BCUT2D eigenvalue weighted by Crippen LogP contribution is -2.38. The van der Waals surface area contributed by atoms with E-state index in [0.29, 0.717) is 17.5 Å². The normalized spacial score (nSPS) is 28.3. The third-order valence-corrected chi connectivity index (χ3v) is 4.39. The molecule has 0 radical (unpaired) electrons. The number of nitro groups is 1. The highest BCUT2D eigenvalue weighted by Crippen LogP contribution is 2.44. The van der Waals surface area contributed by atoms with Gasteiger partial charge in [0.25, 0.3) is 11.6 Å². The fourth-order valence-corrected chi connectivity index (χ4v) is 3.41. The number of nitro benzene ring substituents is 1. The largest absolute Gasteiger partial charge is 0.349 e. The maximum atomic E-state index is 12.1. The number of carbonyl (C=O) groups excluding carboxylic acids is 1. The smallest absolute Gasteiger partial charge is 0.269 e. The molecule has 1 N–H and O–H groups in total. The Hall–Kier alpha value is -1.91. The molecule has 5 heteroatoms. The van der Waals surface area contributed by atoms with Crippen molar-refractivity contribution in [2.75, 3.05) is 0 Å². The Kier molecular flexibility index (Phi) is 2.97. The number of rotatable bonds is 3. The van der Waals surface area contributed by atoms with E-state index in [1.54, 1.807) is 0 Å². The van der Waals surface area contributed by atoms with Crippen molar-refractivity contribution in [2.45, 2.75) is 31.7 Å². The monoisotopic (exact) mass is 260 g/mol. The molecular weight excluding hydrogens is 244 g/mol. The summed E-state index contributed by atoms with van der Waals surface area (Å²) in [7, 11) is 0. The lowest BCUT2D eigenvalue weighted by atomic mass is 9.95. The molecule has 0 unspecified atom stereocenters. The molecule has 1 aromatic rings. The van der Waals surface area contributed by atoms with Gasteiger partial charge < -0.3 is 5.32 Å². The maximum Gasteiger partial charge on any atom is 0.269 e. The fourth-order valence-electron chi connectivity index (χ4n) is 3.41. The predicted molar refractivity (Wildman–Crippen MR) is 69.8 cm³/mol. The van der Waals surface area contributed by atoms with Crippen LogP contribution in [0.3, 0.4) is 0 Å². The number of hydrogen-bond donors (Lipinski definition) is 1. The van der Waals surface area contributed by atoms with Crippen LogP contribution in [-0.4, -0.2) is 16.9 Å². The quantitative estimate of drug-likeness (QED) is 0.670. The summed E-state index contributed by atoms with van der Waals surface area (Å²) in [5.74, 6) is 1.30. The van der Waals surface area contributed by atoms with Gasteiger partial charge in [-0.05, 0) is 43.2 Å². The first-order valence-corrected chi connectivity index (χ1v) is 6.69. The molecule has 2 aliphatic carbocycles. The van der Waals surface area contributed by atoms with E-state index in [9.17, 15) is 14.9 Å². The second kappa shape index (κ2) is 4.64. The highest BCUT2D eigenvalue weighted by molar-refractivity contribution is 5.94. The maximum absolute atomic E-state index is 12.1. The van der Waals surface area contributed by atoms with Gasteiger partial charge in [0.05, 0.1) is 4.92 Å². The lowest BCUT2D eigenvalue weighted by molar-refractivity contribution is -0.384. The Balaban J connectivity index is 1.65. The molecule has 0 aliphatic heterocycles. The number of non-ortho nitro benzene ring substituents is 1. The van der Waals surface area contributed by atoms with Gasteiger partial charge in [0.1, 0.15) is 0 Å². The number of hydrogen-bond acceptors (Lipinski definition) is 3. The molecule has 2 saturated carbocycles. The summed E-state index contributed by atoms with van der Waals surface area (Å²) in [5, 5.41) is 13.6. The minimum atomic E-state index is -0.461. The Morgan fingerprint density at radius 1 is 1.21 bits per heavy atom. The minimum Gasteiger partial charge on any atom is -0.349 e. The van der Waals surface area contributed by atoms with Gasteiger partial charge in [-0.1, -0.05) is 6.42 Å². The van der Waals surface area contributed by atoms with E-state index < -0.39 is 4.92 Å². The Labute approximate surface area is 111 Å². The summed E-state index contributed by atoms with van der Waals surface area (Å²) in [6, 6.07) is 6.06. The molecule has 0 heterocycles. The Bertz CT molecular complexity index is 512. The third kappa shape index (κ3) is 2.32. The van der Waals surface area contributed by atoms with Crippen molar-refractivity contribution in [3.63, 3.8) is 0 Å². The van der Waals surface area contributed by atoms with Gasteiger partial charge in [-0.2, -0.15) is 0 Å². The summed E-state index contributed by atoms with van der Waals surface area (Å²) >= 11 is 0. The van der Waals surface area contributed by atoms with Crippen molar-refractivity contribution in [1.82, 2.24) is 5.32 Å². The van der Waals surface area contributed by atoms with E-state index in [0.717, 1.165) is 12.3 Å². The molecule has 2 aliphatic rings. The molecule has 100 valence electrons. The zero-order valence-corrected chi connectivity index (χ0v) is 10.5. The highest BCUT2D eigenvalue weighted by Gasteiger charge is 2.40.